The molecule has 0 fully saturated rings. The van der Waals surface area contributed by atoms with E-state index < -0.39 is 11.5 Å². The SMILES string of the molecule is CSc1ncc2c(=O)n(CC(=O)Nc3ccc(F)cc3C)cnc2n1. The van der Waals surface area contributed by atoms with Gasteiger partial charge in [-0.25, -0.2) is 19.3 Å². The smallest absolute Gasteiger partial charge is 0.264 e. The van der Waals surface area contributed by atoms with Crippen molar-refractivity contribution in [1.82, 2.24) is 19.5 Å². The van der Waals surface area contributed by atoms with E-state index in [2.05, 4.69) is 20.3 Å². The summed E-state index contributed by atoms with van der Waals surface area (Å²) in [5.41, 5.74) is 0.968. The van der Waals surface area contributed by atoms with Crippen molar-refractivity contribution in [2.45, 2.75) is 18.6 Å². The van der Waals surface area contributed by atoms with Gasteiger partial charge in [-0.15, -0.1) is 0 Å². The van der Waals surface area contributed by atoms with Crippen molar-refractivity contribution >= 4 is 34.4 Å². The number of carbonyl (C=O) groups excluding carboxylic acids is 1. The summed E-state index contributed by atoms with van der Waals surface area (Å²) >= 11 is 1.35. The number of carbonyl (C=O) groups is 1. The first-order chi connectivity index (χ1) is 12.0. The minimum absolute atomic E-state index is 0.219. The zero-order chi connectivity index (χ0) is 18.0. The number of fused-ring (bicyclic) bond motifs is 1. The Bertz CT molecular complexity index is 1020. The van der Waals surface area contributed by atoms with Gasteiger partial charge in [-0.2, -0.15) is 0 Å². The van der Waals surface area contributed by atoms with Crippen LogP contribution in [0.4, 0.5) is 10.1 Å². The van der Waals surface area contributed by atoms with E-state index in [0.29, 0.717) is 16.4 Å². The van der Waals surface area contributed by atoms with Crippen LogP contribution in [0.1, 0.15) is 5.56 Å². The van der Waals surface area contributed by atoms with Gasteiger partial charge in [0, 0.05) is 11.9 Å². The summed E-state index contributed by atoms with van der Waals surface area (Å²) in [5, 5.41) is 3.41. The number of halogens is 1. The van der Waals surface area contributed by atoms with Crippen LogP contribution in [0, 0.1) is 12.7 Å². The Morgan fingerprint density at radius 3 is 2.88 bits per heavy atom. The van der Waals surface area contributed by atoms with Crippen LogP contribution in [0.2, 0.25) is 0 Å². The van der Waals surface area contributed by atoms with Crippen LogP contribution in [0.3, 0.4) is 0 Å². The van der Waals surface area contributed by atoms with Crippen LogP contribution in [0.5, 0.6) is 0 Å². The lowest BCUT2D eigenvalue weighted by Crippen LogP contribution is -2.28. The number of hydrogen-bond acceptors (Lipinski definition) is 6. The molecule has 1 N–H and O–H groups in total. The molecule has 7 nitrogen and oxygen atoms in total. The largest absolute Gasteiger partial charge is 0.324 e. The number of anilines is 1. The number of aryl methyl sites for hydroxylation is 1. The summed E-state index contributed by atoms with van der Waals surface area (Å²) in [5.74, 6) is -0.797. The van der Waals surface area contributed by atoms with Crippen LogP contribution >= 0.6 is 11.8 Å². The third-order valence-corrected chi connectivity index (χ3v) is 4.08. The van der Waals surface area contributed by atoms with Crippen molar-refractivity contribution < 1.29 is 9.18 Å². The van der Waals surface area contributed by atoms with E-state index in [1.54, 1.807) is 6.92 Å². The average Bonchev–Trinajstić information content (AvgIpc) is 2.59. The van der Waals surface area contributed by atoms with E-state index in [4.69, 9.17) is 0 Å². The topological polar surface area (TPSA) is 89.8 Å². The highest BCUT2D eigenvalue weighted by Crippen LogP contribution is 2.15. The Morgan fingerprint density at radius 2 is 2.16 bits per heavy atom. The second-order valence-corrected chi connectivity index (χ2v) is 6.05. The lowest BCUT2D eigenvalue weighted by molar-refractivity contribution is -0.116. The van der Waals surface area contributed by atoms with Crippen molar-refractivity contribution in [3.63, 3.8) is 0 Å². The highest BCUT2D eigenvalue weighted by Gasteiger charge is 2.11. The molecular formula is C16H14FN5O2S. The number of rotatable bonds is 4. The van der Waals surface area contributed by atoms with E-state index in [1.807, 2.05) is 6.26 Å². The summed E-state index contributed by atoms with van der Waals surface area (Å²) < 4.78 is 14.3. The summed E-state index contributed by atoms with van der Waals surface area (Å²) in [6, 6.07) is 4.05. The fraction of sp³-hybridized carbons (Fsp3) is 0.188. The Labute approximate surface area is 146 Å². The number of nitrogens with one attached hydrogen (secondary N) is 1. The molecule has 3 rings (SSSR count). The lowest BCUT2D eigenvalue weighted by Gasteiger charge is -2.10. The zero-order valence-electron chi connectivity index (χ0n) is 13.5. The summed E-state index contributed by atoms with van der Waals surface area (Å²) in [6.45, 7) is 1.46. The van der Waals surface area contributed by atoms with Gasteiger partial charge in [-0.05, 0) is 36.9 Å². The molecule has 2 heterocycles. The monoisotopic (exact) mass is 359 g/mol. The number of hydrogen-bond donors (Lipinski definition) is 1. The molecule has 128 valence electrons. The number of benzene rings is 1. The Kier molecular flexibility index (Phi) is 4.75. The van der Waals surface area contributed by atoms with Crippen LogP contribution in [0.15, 0.2) is 40.7 Å². The lowest BCUT2D eigenvalue weighted by atomic mass is 10.2. The predicted molar refractivity (Wildman–Crippen MR) is 93.1 cm³/mol. The van der Waals surface area contributed by atoms with E-state index in [-0.39, 0.29) is 23.4 Å². The van der Waals surface area contributed by atoms with Gasteiger partial charge in [0.15, 0.2) is 10.8 Å². The highest BCUT2D eigenvalue weighted by molar-refractivity contribution is 7.98. The maximum Gasteiger partial charge on any atom is 0.264 e. The summed E-state index contributed by atoms with van der Waals surface area (Å²) in [7, 11) is 0. The molecule has 0 saturated carbocycles. The fourth-order valence-corrected chi connectivity index (χ4v) is 2.60. The Balaban J connectivity index is 1.83. The quantitative estimate of drug-likeness (QED) is 0.566. The van der Waals surface area contributed by atoms with Gasteiger partial charge in [0.05, 0.1) is 0 Å². The molecule has 9 heteroatoms. The molecule has 1 amide bonds. The maximum absolute atomic E-state index is 13.1. The van der Waals surface area contributed by atoms with Gasteiger partial charge in [-0.1, -0.05) is 11.8 Å². The molecule has 0 radical (unpaired) electrons. The average molecular weight is 359 g/mol. The molecule has 0 atom stereocenters. The van der Waals surface area contributed by atoms with Crippen LogP contribution in [-0.2, 0) is 11.3 Å². The Morgan fingerprint density at radius 1 is 1.36 bits per heavy atom. The van der Waals surface area contributed by atoms with Gasteiger partial charge in [0.2, 0.25) is 5.91 Å². The number of amides is 1. The normalized spacial score (nSPS) is 10.8. The van der Waals surface area contributed by atoms with E-state index >= 15 is 0 Å². The van der Waals surface area contributed by atoms with Crippen LogP contribution in [0.25, 0.3) is 11.0 Å². The van der Waals surface area contributed by atoms with E-state index in [0.717, 1.165) is 0 Å². The second-order valence-electron chi connectivity index (χ2n) is 5.28. The first-order valence-electron chi connectivity index (χ1n) is 7.30. The van der Waals surface area contributed by atoms with Crippen molar-refractivity contribution in [2.75, 3.05) is 11.6 Å². The van der Waals surface area contributed by atoms with Gasteiger partial charge in [0.25, 0.3) is 5.56 Å². The van der Waals surface area contributed by atoms with E-state index in [9.17, 15) is 14.0 Å². The standard InChI is InChI=1S/C16H14FN5O2S/c1-9-5-10(17)3-4-12(9)20-13(23)7-22-8-19-14-11(15(22)24)6-18-16(21-14)25-2/h3-6,8H,7H2,1-2H3,(H,20,23). The molecule has 25 heavy (non-hydrogen) atoms. The van der Waals surface area contributed by atoms with Crippen molar-refractivity contribution in [3.8, 4) is 0 Å². The molecule has 0 bridgehead atoms. The molecule has 0 aliphatic rings. The number of nitrogens with zero attached hydrogens (tertiary/aromatic N) is 4. The molecule has 1 aromatic carbocycles. The summed E-state index contributed by atoms with van der Waals surface area (Å²) in [6.07, 6.45) is 4.51. The predicted octanol–water partition coefficient (Wildman–Crippen LogP) is 1.99. The number of thioether (sulfide) groups is 1. The summed E-state index contributed by atoms with van der Waals surface area (Å²) in [4.78, 5) is 36.9. The molecule has 0 unspecified atom stereocenters. The fourth-order valence-electron chi connectivity index (χ4n) is 2.26. The highest BCUT2D eigenvalue weighted by atomic mass is 32.2. The first-order valence-corrected chi connectivity index (χ1v) is 8.52. The van der Waals surface area contributed by atoms with Gasteiger partial charge in [-0.3, -0.25) is 14.2 Å². The first kappa shape index (κ1) is 17.0. The minimum Gasteiger partial charge on any atom is -0.324 e. The molecule has 0 aliphatic carbocycles. The third-order valence-electron chi connectivity index (χ3n) is 3.52. The van der Waals surface area contributed by atoms with Crippen molar-refractivity contribution in [3.05, 3.63) is 52.5 Å². The van der Waals surface area contributed by atoms with Gasteiger partial charge in [0.1, 0.15) is 24.1 Å². The van der Waals surface area contributed by atoms with Crippen LogP contribution in [-0.4, -0.2) is 31.7 Å². The van der Waals surface area contributed by atoms with Crippen molar-refractivity contribution in [2.24, 2.45) is 0 Å². The van der Waals surface area contributed by atoms with Crippen LogP contribution < -0.4 is 10.9 Å². The molecular weight excluding hydrogens is 345 g/mol. The molecule has 3 aromatic rings. The van der Waals surface area contributed by atoms with Crippen molar-refractivity contribution in [1.29, 1.82) is 0 Å². The molecule has 0 spiro atoms. The maximum atomic E-state index is 13.1. The Hall–Kier alpha value is -2.81. The number of aromatic nitrogens is 4. The van der Waals surface area contributed by atoms with Gasteiger partial charge >= 0.3 is 0 Å². The zero-order valence-corrected chi connectivity index (χ0v) is 14.3. The van der Waals surface area contributed by atoms with E-state index in [1.165, 1.54) is 47.1 Å². The third kappa shape index (κ3) is 3.66. The molecule has 0 saturated heterocycles. The minimum atomic E-state index is -0.417. The molecule has 2 aromatic heterocycles. The molecule has 0 aliphatic heterocycles. The van der Waals surface area contributed by atoms with Gasteiger partial charge < -0.3 is 5.32 Å². The second kappa shape index (κ2) is 6.98.